The molecule has 0 aliphatic carbocycles. The van der Waals surface area contributed by atoms with Gasteiger partial charge in [0.1, 0.15) is 17.8 Å². The van der Waals surface area contributed by atoms with Crippen LogP contribution in [0.15, 0.2) is 66.7 Å². The molecule has 0 saturated carbocycles. The standard InChI is InChI=1S/C20H24O4/c1-5-6-19(23-3)13-20(24-4)12-11-18(14-21)17-9-7-16(8-10-17)15(2)22/h5-11,13-15,22H,1,12H2,2-4H3/b18-11+,19-6+,20-13+. The third-order valence-corrected chi connectivity index (χ3v) is 3.46. The maximum absolute atomic E-state index is 11.4. The molecule has 1 aromatic carbocycles. The van der Waals surface area contributed by atoms with Crippen molar-refractivity contribution in [2.45, 2.75) is 19.4 Å². The first-order valence-electron chi connectivity index (χ1n) is 7.60. The maximum atomic E-state index is 11.4. The summed E-state index contributed by atoms with van der Waals surface area (Å²) in [5, 5.41) is 9.54. The lowest BCUT2D eigenvalue weighted by atomic mass is 10.0. The van der Waals surface area contributed by atoms with Crippen molar-refractivity contribution in [3.63, 3.8) is 0 Å². The number of carbonyl (C=O) groups excluding carboxylic acids is 1. The highest BCUT2D eigenvalue weighted by molar-refractivity contribution is 6.06. The Morgan fingerprint density at radius 2 is 1.92 bits per heavy atom. The van der Waals surface area contributed by atoms with E-state index in [-0.39, 0.29) is 0 Å². The summed E-state index contributed by atoms with van der Waals surface area (Å²) in [4.78, 5) is 11.4. The highest BCUT2D eigenvalue weighted by atomic mass is 16.5. The molecule has 1 aromatic rings. The first-order valence-corrected chi connectivity index (χ1v) is 7.60. The molecule has 1 atom stereocenters. The van der Waals surface area contributed by atoms with Crippen LogP contribution in [0, 0.1) is 0 Å². The monoisotopic (exact) mass is 328 g/mol. The van der Waals surface area contributed by atoms with Crippen LogP contribution in [-0.2, 0) is 14.3 Å². The molecule has 24 heavy (non-hydrogen) atoms. The Morgan fingerprint density at radius 1 is 1.25 bits per heavy atom. The fourth-order valence-corrected chi connectivity index (χ4v) is 2.05. The van der Waals surface area contributed by atoms with Gasteiger partial charge in [-0.05, 0) is 24.1 Å². The molecule has 0 amide bonds. The molecule has 4 heteroatoms. The second-order valence-electron chi connectivity index (χ2n) is 5.10. The molecule has 128 valence electrons. The van der Waals surface area contributed by atoms with Crippen LogP contribution < -0.4 is 0 Å². The zero-order valence-corrected chi connectivity index (χ0v) is 14.4. The van der Waals surface area contributed by atoms with Crippen molar-refractivity contribution in [1.29, 1.82) is 0 Å². The van der Waals surface area contributed by atoms with Gasteiger partial charge in [0, 0.05) is 18.1 Å². The molecule has 4 nitrogen and oxygen atoms in total. The second kappa shape index (κ2) is 10.2. The quantitative estimate of drug-likeness (QED) is 0.323. The van der Waals surface area contributed by atoms with Crippen molar-refractivity contribution in [3.8, 4) is 0 Å². The number of rotatable bonds is 9. The molecule has 0 fully saturated rings. The van der Waals surface area contributed by atoms with Gasteiger partial charge in [-0.2, -0.15) is 0 Å². The molecular formula is C20H24O4. The Bertz CT molecular complexity index is 634. The number of ether oxygens (including phenoxy) is 2. The summed E-state index contributed by atoms with van der Waals surface area (Å²) in [7, 11) is 3.13. The van der Waals surface area contributed by atoms with Crippen LogP contribution in [0.5, 0.6) is 0 Å². The number of benzene rings is 1. The van der Waals surface area contributed by atoms with Gasteiger partial charge in [0.05, 0.1) is 20.3 Å². The fraction of sp³-hybridized carbons (Fsp3) is 0.250. The van der Waals surface area contributed by atoms with E-state index in [1.807, 2.05) is 12.1 Å². The lowest BCUT2D eigenvalue weighted by Crippen LogP contribution is -1.94. The molecule has 0 heterocycles. The summed E-state index contributed by atoms with van der Waals surface area (Å²) in [5.41, 5.74) is 2.15. The summed E-state index contributed by atoms with van der Waals surface area (Å²) in [5.74, 6) is 1.27. The molecular weight excluding hydrogens is 304 g/mol. The summed E-state index contributed by atoms with van der Waals surface area (Å²) in [6.07, 6.45) is 7.60. The van der Waals surface area contributed by atoms with Gasteiger partial charge in [0.25, 0.3) is 0 Å². The van der Waals surface area contributed by atoms with Gasteiger partial charge in [0.15, 0.2) is 0 Å². The van der Waals surface area contributed by atoms with Crippen molar-refractivity contribution >= 4 is 11.9 Å². The Morgan fingerprint density at radius 3 is 2.38 bits per heavy atom. The van der Waals surface area contributed by atoms with E-state index < -0.39 is 6.10 Å². The number of aliphatic hydroxyl groups excluding tert-OH is 1. The van der Waals surface area contributed by atoms with Crippen LogP contribution in [0.3, 0.4) is 0 Å². The minimum absolute atomic E-state index is 0.445. The molecule has 1 unspecified atom stereocenters. The zero-order valence-electron chi connectivity index (χ0n) is 14.4. The normalized spacial score (nSPS) is 14.1. The number of aliphatic hydroxyl groups is 1. The van der Waals surface area contributed by atoms with E-state index in [4.69, 9.17) is 9.47 Å². The molecule has 0 spiro atoms. The topological polar surface area (TPSA) is 55.8 Å². The van der Waals surface area contributed by atoms with E-state index in [1.165, 1.54) is 0 Å². The van der Waals surface area contributed by atoms with Gasteiger partial charge in [-0.25, -0.2) is 0 Å². The lowest BCUT2D eigenvalue weighted by molar-refractivity contribution is -0.103. The second-order valence-corrected chi connectivity index (χ2v) is 5.10. The Kier molecular flexibility index (Phi) is 8.30. The van der Waals surface area contributed by atoms with Gasteiger partial charge >= 0.3 is 0 Å². The molecule has 0 aliphatic heterocycles. The number of methoxy groups -OCH3 is 2. The molecule has 0 radical (unpaired) electrons. The number of aldehydes is 1. The van der Waals surface area contributed by atoms with Crippen LogP contribution in [0.4, 0.5) is 0 Å². The first-order chi connectivity index (χ1) is 11.5. The molecule has 0 aliphatic rings. The average molecular weight is 328 g/mol. The van der Waals surface area contributed by atoms with Crippen molar-refractivity contribution in [1.82, 2.24) is 0 Å². The number of hydrogen-bond acceptors (Lipinski definition) is 4. The third kappa shape index (κ3) is 5.89. The van der Waals surface area contributed by atoms with E-state index in [9.17, 15) is 9.90 Å². The van der Waals surface area contributed by atoms with E-state index in [2.05, 4.69) is 6.58 Å². The van der Waals surface area contributed by atoms with E-state index in [0.717, 1.165) is 17.4 Å². The van der Waals surface area contributed by atoms with Crippen molar-refractivity contribution < 1.29 is 19.4 Å². The zero-order chi connectivity index (χ0) is 17.9. The SMILES string of the molecule is C=C/C=C(\C=C(/C/C=C(\C=O)c1ccc(C(C)O)cc1)OC)OC. The van der Waals surface area contributed by atoms with E-state index in [0.29, 0.717) is 23.5 Å². The predicted octanol–water partition coefficient (Wildman–Crippen LogP) is 3.96. The van der Waals surface area contributed by atoms with Crippen molar-refractivity contribution in [2.75, 3.05) is 14.2 Å². The summed E-state index contributed by atoms with van der Waals surface area (Å²) in [6, 6.07) is 7.24. The van der Waals surface area contributed by atoms with Gasteiger partial charge in [0.2, 0.25) is 0 Å². The molecule has 0 bridgehead atoms. The minimum atomic E-state index is -0.533. The Hall–Kier alpha value is -2.59. The van der Waals surface area contributed by atoms with Crippen LogP contribution >= 0.6 is 0 Å². The highest BCUT2D eigenvalue weighted by Gasteiger charge is 2.05. The van der Waals surface area contributed by atoms with E-state index in [1.54, 1.807) is 57.6 Å². The summed E-state index contributed by atoms with van der Waals surface area (Å²) >= 11 is 0. The number of hydrogen-bond donors (Lipinski definition) is 1. The smallest absolute Gasteiger partial charge is 0.150 e. The van der Waals surface area contributed by atoms with Crippen LogP contribution in [0.1, 0.15) is 30.6 Å². The first kappa shape index (κ1) is 19.5. The number of allylic oxidation sites excluding steroid dienone is 5. The van der Waals surface area contributed by atoms with E-state index >= 15 is 0 Å². The lowest BCUT2D eigenvalue weighted by Gasteiger charge is -2.08. The third-order valence-electron chi connectivity index (χ3n) is 3.46. The summed E-state index contributed by atoms with van der Waals surface area (Å²) < 4.78 is 10.5. The predicted molar refractivity (Wildman–Crippen MR) is 96.1 cm³/mol. The Balaban J connectivity index is 2.98. The average Bonchev–Trinajstić information content (AvgIpc) is 2.60. The molecule has 1 rings (SSSR count). The van der Waals surface area contributed by atoms with Crippen LogP contribution in [0.2, 0.25) is 0 Å². The summed E-state index contributed by atoms with van der Waals surface area (Å²) in [6.45, 7) is 5.33. The molecule has 1 N–H and O–H groups in total. The Labute approximate surface area is 143 Å². The van der Waals surface area contributed by atoms with Gasteiger partial charge < -0.3 is 14.6 Å². The molecule has 0 aromatic heterocycles. The van der Waals surface area contributed by atoms with Crippen molar-refractivity contribution in [2.24, 2.45) is 0 Å². The number of carbonyl (C=O) groups is 1. The highest BCUT2D eigenvalue weighted by Crippen LogP contribution is 2.19. The largest absolute Gasteiger partial charge is 0.501 e. The van der Waals surface area contributed by atoms with Crippen LogP contribution in [0.25, 0.3) is 5.57 Å². The molecule has 0 saturated heterocycles. The fourth-order valence-electron chi connectivity index (χ4n) is 2.05. The van der Waals surface area contributed by atoms with Gasteiger partial charge in [-0.1, -0.05) is 43.0 Å². The maximum Gasteiger partial charge on any atom is 0.150 e. The van der Waals surface area contributed by atoms with Gasteiger partial charge in [-0.15, -0.1) is 0 Å². The van der Waals surface area contributed by atoms with Crippen LogP contribution in [-0.4, -0.2) is 25.6 Å². The van der Waals surface area contributed by atoms with Gasteiger partial charge in [-0.3, -0.25) is 4.79 Å². The minimum Gasteiger partial charge on any atom is -0.501 e. The van der Waals surface area contributed by atoms with Crippen molar-refractivity contribution in [3.05, 3.63) is 77.8 Å².